The SMILES string of the molecule is COc1ccc(OC)c(C(=O)PC2CCCC2)c1OC.[H-].[Li+]. The Balaban J connectivity index is 0.00000220. The van der Waals surface area contributed by atoms with E-state index < -0.39 is 0 Å². The molecule has 4 nitrogen and oxygen atoms in total. The van der Waals surface area contributed by atoms with Crippen LogP contribution in [0.15, 0.2) is 12.1 Å². The van der Waals surface area contributed by atoms with Gasteiger partial charge in [-0.2, -0.15) is 0 Å². The van der Waals surface area contributed by atoms with Gasteiger partial charge in [0.05, 0.1) is 21.3 Å². The Morgan fingerprint density at radius 3 is 2.19 bits per heavy atom. The van der Waals surface area contributed by atoms with Gasteiger partial charge in [0.2, 0.25) is 0 Å². The van der Waals surface area contributed by atoms with Crippen LogP contribution in [0.5, 0.6) is 17.2 Å². The zero-order valence-electron chi connectivity index (χ0n) is 14.2. The number of rotatable bonds is 6. The molecule has 0 radical (unpaired) electrons. The number of hydrogen-bond acceptors (Lipinski definition) is 4. The van der Waals surface area contributed by atoms with Crippen molar-refractivity contribution in [1.29, 1.82) is 0 Å². The van der Waals surface area contributed by atoms with E-state index in [0.717, 1.165) is 12.8 Å². The van der Waals surface area contributed by atoms with Gasteiger partial charge in [-0.05, 0) is 39.2 Å². The summed E-state index contributed by atoms with van der Waals surface area (Å²) in [5, 5.41) is 0. The fourth-order valence-electron chi connectivity index (χ4n) is 2.62. The normalized spacial score (nSPS) is 15.0. The van der Waals surface area contributed by atoms with Crippen LogP contribution in [0.1, 0.15) is 37.5 Å². The average molecular weight is 304 g/mol. The van der Waals surface area contributed by atoms with E-state index in [1.165, 1.54) is 12.8 Å². The molecule has 0 aromatic heterocycles. The van der Waals surface area contributed by atoms with Crippen molar-refractivity contribution in [2.75, 3.05) is 21.3 Å². The molecular formula is C15H22LiO4P. The van der Waals surface area contributed by atoms with Crippen molar-refractivity contribution in [3.63, 3.8) is 0 Å². The maximum absolute atomic E-state index is 12.6. The van der Waals surface area contributed by atoms with Crippen LogP contribution in [-0.4, -0.2) is 32.5 Å². The zero-order valence-corrected chi connectivity index (χ0v) is 14.2. The zero-order chi connectivity index (χ0) is 14.5. The third kappa shape index (κ3) is 4.16. The first kappa shape index (κ1) is 18.4. The smallest absolute Gasteiger partial charge is 1.00 e. The molecule has 112 valence electrons. The molecule has 2 rings (SSSR count). The summed E-state index contributed by atoms with van der Waals surface area (Å²) in [6.45, 7) is 0. The van der Waals surface area contributed by atoms with Crippen molar-refractivity contribution in [2.45, 2.75) is 31.3 Å². The molecule has 6 heteroatoms. The van der Waals surface area contributed by atoms with E-state index in [2.05, 4.69) is 0 Å². The maximum atomic E-state index is 12.6. The second kappa shape index (κ2) is 8.69. The predicted molar refractivity (Wildman–Crippen MR) is 82.1 cm³/mol. The van der Waals surface area contributed by atoms with Crippen LogP contribution in [0.2, 0.25) is 0 Å². The molecule has 1 unspecified atom stereocenters. The van der Waals surface area contributed by atoms with Gasteiger partial charge in [-0.3, -0.25) is 4.79 Å². The minimum Gasteiger partial charge on any atom is -1.00 e. The van der Waals surface area contributed by atoms with Crippen LogP contribution in [-0.2, 0) is 0 Å². The molecule has 0 N–H and O–H groups in total. The minimum atomic E-state index is 0. The van der Waals surface area contributed by atoms with Crippen LogP contribution in [0.25, 0.3) is 0 Å². The molecule has 1 saturated carbocycles. The number of ether oxygens (including phenoxy) is 3. The standard InChI is InChI=1S/C15H21O4P.Li.H/c1-17-11-8-9-12(18-2)14(19-3)13(11)15(16)20-10-6-4-5-7-10;;/h8-10,20H,4-7H2,1-3H3;;/q;+1;-1. The van der Waals surface area contributed by atoms with Gasteiger partial charge in [-0.1, -0.05) is 12.8 Å². The number of methoxy groups -OCH3 is 3. The van der Waals surface area contributed by atoms with Crippen LogP contribution in [0.4, 0.5) is 0 Å². The molecule has 21 heavy (non-hydrogen) atoms. The molecular weight excluding hydrogens is 282 g/mol. The van der Waals surface area contributed by atoms with Gasteiger partial charge in [0.15, 0.2) is 17.0 Å². The second-order valence-corrected chi connectivity index (χ2v) is 6.39. The van der Waals surface area contributed by atoms with Gasteiger partial charge in [0.25, 0.3) is 0 Å². The summed E-state index contributed by atoms with van der Waals surface area (Å²) in [6, 6.07) is 3.51. The van der Waals surface area contributed by atoms with Gasteiger partial charge in [-0.25, -0.2) is 0 Å². The number of hydrogen-bond donors (Lipinski definition) is 0. The van der Waals surface area contributed by atoms with Crippen LogP contribution in [0.3, 0.4) is 0 Å². The van der Waals surface area contributed by atoms with Crippen molar-refractivity contribution in [3.8, 4) is 17.2 Å². The van der Waals surface area contributed by atoms with Gasteiger partial charge in [0, 0.05) is 0 Å². The van der Waals surface area contributed by atoms with E-state index in [4.69, 9.17) is 14.2 Å². The first-order chi connectivity index (χ1) is 9.71. The van der Waals surface area contributed by atoms with E-state index >= 15 is 0 Å². The summed E-state index contributed by atoms with van der Waals surface area (Å²) in [4.78, 5) is 12.6. The molecule has 0 saturated heterocycles. The molecule has 0 spiro atoms. The molecule has 1 aliphatic rings. The van der Waals surface area contributed by atoms with E-state index in [1.54, 1.807) is 33.5 Å². The van der Waals surface area contributed by atoms with Crippen molar-refractivity contribution >= 4 is 14.1 Å². The number of benzene rings is 1. The summed E-state index contributed by atoms with van der Waals surface area (Å²) in [5.41, 5.74) is 1.13. The predicted octanol–water partition coefficient (Wildman–Crippen LogP) is 0.590. The third-order valence-corrected chi connectivity index (χ3v) is 5.14. The van der Waals surface area contributed by atoms with Gasteiger partial charge in [-0.15, -0.1) is 0 Å². The van der Waals surface area contributed by atoms with E-state index in [9.17, 15) is 4.79 Å². The Morgan fingerprint density at radius 1 is 1.10 bits per heavy atom. The molecule has 1 aliphatic carbocycles. The topological polar surface area (TPSA) is 44.8 Å². The Bertz CT molecular complexity index is 493. The summed E-state index contributed by atoms with van der Waals surface area (Å²) in [7, 11) is 4.96. The van der Waals surface area contributed by atoms with Crippen molar-refractivity contribution < 1.29 is 39.3 Å². The summed E-state index contributed by atoms with van der Waals surface area (Å²) in [5.74, 6) is 1.59. The molecule has 1 atom stereocenters. The monoisotopic (exact) mass is 304 g/mol. The molecule has 0 aliphatic heterocycles. The average Bonchev–Trinajstić information content (AvgIpc) is 2.98. The van der Waals surface area contributed by atoms with Crippen LogP contribution >= 0.6 is 8.58 Å². The van der Waals surface area contributed by atoms with Crippen LogP contribution < -0.4 is 33.1 Å². The second-order valence-electron chi connectivity index (χ2n) is 4.83. The van der Waals surface area contributed by atoms with E-state index in [1.807, 2.05) is 0 Å². The first-order valence-electron chi connectivity index (χ1n) is 6.81. The largest absolute Gasteiger partial charge is 1.00 e. The maximum Gasteiger partial charge on any atom is 1.00 e. The Hall–Kier alpha value is -0.683. The van der Waals surface area contributed by atoms with Gasteiger partial charge < -0.3 is 15.6 Å². The molecule has 0 heterocycles. The molecule has 0 amide bonds. The third-order valence-electron chi connectivity index (χ3n) is 3.64. The fourth-order valence-corrected chi connectivity index (χ4v) is 4.07. The molecule has 1 aromatic carbocycles. The minimum absolute atomic E-state index is 0. The molecule has 0 bridgehead atoms. The summed E-state index contributed by atoms with van der Waals surface area (Å²) < 4.78 is 16.0. The van der Waals surface area contributed by atoms with Crippen molar-refractivity contribution in [1.82, 2.24) is 0 Å². The summed E-state index contributed by atoms with van der Waals surface area (Å²) >= 11 is 0. The van der Waals surface area contributed by atoms with Gasteiger partial charge >= 0.3 is 18.9 Å². The summed E-state index contributed by atoms with van der Waals surface area (Å²) in [6.07, 6.45) is 4.77. The Kier molecular flexibility index (Phi) is 7.60. The van der Waals surface area contributed by atoms with Crippen molar-refractivity contribution in [2.24, 2.45) is 0 Å². The number of carbonyl (C=O) groups excluding carboxylic acids is 1. The quantitative estimate of drug-likeness (QED) is 0.570. The fraction of sp³-hybridized carbons (Fsp3) is 0.533. The Morgan fingerprint density at radius 2 is 1.67 bits per heavy atom. The van der Waals surface area contributed by atoms with Crippen LogP contribution in [0, 0.1) is 0 Å². The molecule has 1 fully saturated rings. The van der Waals surface area contributed by atoms with Gasteiger partial charge in [0.1, 0.15) is 11.3 Å². The van der Waals surface area contributed by atoms with Crippen molar-refractivity contribution in [3.05, 3.63) is 17.7 Å². The Labute approximate surface area is 141 Å². The first-order valence-corrected chi connectivity index (χ1v) is 7.88. The number of carbonyl (C=O) groups is 1. The molecule has 1 aromatic rings. The van der Waals surface area contributed by atoms with E-state index in [-0.39, 0.29) is 34.4 Å². The van der Waals surface area contributed by atoms with E-state index in [0.29, 0.717) is 28.5 Å².